The third-order valence-electron chi connectivity index (χ3n) is 5.78. The Morgan fingerprint density at radius 3 is 2.27 bits per heavy atom. The summed E-state index contributed by atoms with van der Waals surface area (Å²) in [7, 11) is -1.86. The van der Waals surface area contributed by atoms with E-state index in [0.717, 1.165) is 36.8 Å². The molecular formula is C25H34N2O5S. The lowest BCUT2D eigenvalue weighted by atomic mass is 10.1. The standard InChI is InChI=1S/C25H34N2O5S/c1-3-32-23-14-10-21(18-24(23)31-2)19-26-25(28)15-11-20-8-12-22(13-9-20)33(29,30)27-16-6-4-5-7-17-27/h8-10,12-14,18H,3-7,11,15-17,19H2,1-2H3,(H,26,28). The van der Waals surface area contributed by atoms with Gasteiger partial charge < -0.3 is 14.8 Å². The number of ether oxygens (including phenoxy) is 2. The van der Waals surface area contributed by atoms with Gasteiger partial charge in [-0.2, -0.15) is 4.31 Å². The Morgan fingerprint density at radius 1 is 0.970 bits per heavy atom. The molecule has 1 N–H and O–H groups in total. The molecule has 0 unspecified atom stereocenters. The molecular weight excluding hydrogens is 440 g/mol. The van der Waals surface area contributed by atoms with Crippen LogP contribution in [-0.4, -0.2) is 45.4 Å². The topological polar surface area (TPSA) is 84.9 Å². The van der Waals surface area contributed by atoms with Crippen LogP contribution in [0.25, 0.3) is 0 Å². The van der Waals surface area contributed by atoms with Crippen molar-refractivity contribution in [2.24, 2.45) is 0 Å². The molecule has 7 nitrogen and oxygen atoms in total. The molecule has 0 radical (unpaired) electrons. The summed E-state index contributed by atoms with van der Waals surface area (Å²) in [4.78, 5) is 12.6. The van der Waals surface area contributed by atoms with E-state index in [1.807, 2.05) is 25.1 Å². The highest BCUT2D eigenvalue weighted by Gasteiger charge is 2.24. The maximum atomic E-state index is 12.9. The molecule has 0 saturated carbocycles. The number of amides is 1. The highest BCUT2D eigenvalue weighted by atomic mass is 32.2. The molecule has 0 bridgehead atoms. The van der Waals surface area contributed by atoms with E-state index in [1.54, 1.807) is 35.7 Å². The predicted molar refractivity (Wildman–Crippen MR) is 128 cm³/mol. The number of benzene rings is 2. The molecule has 1 fully saturated rings. The van der Waals surface area contributed by atoms with E-state index in [9.17, 15) is 13.2 Å². The number of methoxy groups -OCH3 is 1. The maximum absolute atomic E-state index is 12.9. The maximum Gasteiger partial charge on any atom is 0.243 e. The molecule has 1 aliphatic rings. The SMILES string of the molecule is CCOc1ccc(CNC(=O)CCc2ccc(S(=O)(=O)N3CCCCCC3)cc2)cc1OC. The molecule has 2 aromatic carbocycles. The number of nitrogens with one attached hydrogen (secondary N) is 1. The Balaban J connectivity index is 1.50. The average molecular weight is 475 g/mol. The summed E-state index contributed by atoms with van der Waals surface area (Å²) in [5, 5.41) is 2.92. The molecule has 0 aromatic heterocycles. The van der Waals surface area contributed by atoms with E-state index >= 15 is 0 Å². The molecule has 1 aliphatic heterocycles. The number of hydrogen-bond donors (Lipinski definition) is 1. The van der Waals surface area contributed by atoms with Gasteiger partial charge in [0.05, 0.1) is 18.6 Å². The van der Waals surface area contributed by atoms with Gasteiger partial charge in [0, 0.05) is 26.1 Å². The van der Waals surface area contributed by atoms with Crippen LogP contribution >= 0.6 is 0 Å². The smallest absolute Gasteiger partial charge is 0.243 e. The minimum absolute atomic E-state index is 0.0656. The second-order valence-electron chi connectivity index (χ2n) is 8.16. The van der Waals surface area contributed by atoms with Gasteiger partial charge in [0.1, 0.15) is 0 Å². The van der Waals surface area contributed by atoms with Gasteiger partial charge in [0.15, 0.2) is 11.5 Å². The lowest BCUT2D eigenvalue weighted by Gasteiger charge is -2.20. The van der Waals surface area contributed by atoms with Crippen LogP contribution in [0.5, 0.6) is 11.5 Å². The number of aryl methyl sites for hydroxylation is 1. The normalized spacial score (nSPS) is 15.0. The molecule has 2 aromatic rings. The van der Waals surface area contributed by atoms with Gasteiger partial charge in [0.25, 0.3) is 0 Å². The minimum atomic E-state index is -3.45. The van der Waals surface area contributed by atoms with Gasteiger partial charge in [-0.1, -0.05) is 31.0 Å². The zero-order chi connectivity index (χ0) is 23.7. The molecule has 1 amide bonds. The van der Waals surface area contributed by atoms with Crippen molar-refractivity contribution < 1.29 is 22.7 Å². The van der Waals surface area contributed by atoms with Crippen LogP contribution in [0.4, 0.5) is 0 Å². The van der Waals surface area contributed by atoms with Crippen LogP contribution in [0.1, 0.15) is 50.2 Å². The monoisotopic (exact) mass is 474 g/mol. The Kier molecular flexibility index (Phi) is 9.14. The van der Waals surface area contributed by atoms with Gasteiger partial charge in [-0.25, -0.2) is 8.42 Å². The fourth-order valence-electron chi connectivity index (χ4n) is 3.90. The molecule has 0 atom stereocenters. The molecule has 8 heteroatoms. The van der Waals surface area contributed by atoms with Gasteiger partial charge >= 0.3 is 0 Å². The first-order valence-electron chi connectivity index (χ1n) is 11.6. The predicted octanol–water partition coefficient (Wildman–Crippen LogP) is 3.91. The van der Waals surface area contributed by atoms with E-state index in [4.69, 9.17) is 9.47 Å². The Labute approximate surface area is 197 Å². The lowest BCUT2D eigenvalue weighted by molar-refractivity contribution is -0.121. The number of nitrogens with zero attached hydrogens (tertiary/aromatic N) is 1. The quantitative estimate of drug-likeness (QED) is 0.564. The molecule has 3 rings (SSSR count). The van der Waals surface area contributed by atoms with Crippen molar-refractivity contribution in [3.8, 4) is 11.5 Å². The molecule has 180 valence electrons. The molecule has 1 saturated heterocycles. The van der Waals surface area contributed by atoms with Crippen molar-refractivity contribution in [2.75, 3.05) is 26.8 Å². The molecule has 33 heavy (non-hydrogen) atoms. The summed E-state index contributed by atoms with van der Waals surface area (Å²) in [6.07, 6.45) is 4.86. The van der Waals surface area contributed by atoms with Gasteiger partial charge in [-0.05, 0) is 61.6 Å². The molecule has 1 heterocycles. The average Bonchev–Trinajstić information content (AvgIpc) is 3.13. The zero-order valence-electron chi connectivity index (χ0n) is 19.5. The number of carbonyl (C=O) groups excluding carboxylic acids is 1. The van der Waals surface area contributed by atoms with E-state index in [1.165, 1.54) is 0 Å². The van der Waals surface area contributed by atoms with Crippen LogP contribution in [-0.2, 0) is 27.8 Å². The highest BCUT2D eigenvalue weighted by molar-refractivity contribution is 7.89. The van der Waals surface area contributed by atoms with Crippen LogP contribution in [0, 0.1) is 0 Å². The van der Waals surface area contributed by atoms with Crippen molar-refractivity contribution in [3.05, 3.63) is 53.6 Å². The second kappa shape index (κ2) is 12.0. The zero-order valence-corrected chi connectivity index (χ0v) is 20.3. The second-order valence-corrected chi connectivity index (χ2v) is 10.1. The lowest BCUT2D eigenvalue weighted by Crippen LogP contribution is -2.31. The van der Waals surface area contributed by atoms with Gasteiger partial charge in [-0.15, -0.1) is 0 Å². The first-order chi connectivity index (χ1) is 15.9. The summed E-state index contributed by atoms with van der Waals surface area (Å²) in [5.74, 6) is 1.25. The van der Waals surface area contributed by atoms with Crippen LogP contribution in [0.3, 0.4) is 0 Å². The largest absolute Gasteiger partial charge is 0.493 e. The third-order valence-corrected chi connectivity index (χ3v) is 7.70. The molecule has 0 aliphatic carbocycles. The van der Waals surface area contributed by atoms with E-state index in [0.29, 0.717) is 55.5 Å². The van der Waals surface area contributed by atoms with E-state index in [-0.39, 0.29) is 5.91 Å². The van der Waals surface area contributed by atoms with Crippen molar-refractivity contribution in [3.63, 3.8) is 0 Å². The van der Waals surface area contributed by atoms with Crippen LogP contribution in [0.15, 0.2) is 47.4 Å². The van der Waals surface area contributed by atoms with Gasteiger partial charge in [0.2, 0.25) is 15.9 Å². The fourth-order valence-corrected chi connectivity index (χ4v) is 5.42. The van der Waals surface area contributed by atoms with E-state index < -0.39 is 10.0 Å². The van der Waals surface area contributed by atoms with Crippen LogP contribution in [0.2, 0.25) is 0 Å². The van der Waals surface area contributed by atoms with Crippen molar-refractivity contribution >= 4 is 15.9 Å². The number of rotatable bonds is 10. The number of hydrogen-bond acceptors (Lipinski definition) is 5. The molecule has 0 spiro atoms. The summed E-state index contributed by atoms with van der Waals surface area (Å²) >= 11 is 0. The minimum Gasteiger partial charge on any atom is -0.493 e. The number of sulfonamides is 1. The number of carbonyl (C=O) groups is 1. The van der Waals surface area contributed by atoms with Crippen molar-refractivity contribution in [2.45, 2.75) is 56.9 Å². The summed E-state index contributed by atoms with van der Waals surface area (Å²) < 4.78 is 38.2. The first kappa shape index (κ1) is 25.1. The van der Waals surface area contributed by atoms with Crippen molar-refractivity contribution in [1.29, 1.82) is 0 Å². The Bertz CT molecular complexity index is 1010. The van der Waals surface area contributed by atoms with E-state index in [2.05, 4.69) is 5.32 Å². The Morgan fingerprint density at radius 2 is 1.64 bits per heavy atom. The van der Waals surface area contributed by atoms with Crippen LogP contribution < -0.4 is 14.8 Å². The summed E-state index contributed by atoms with van der Waals surface area (Å²) in [6, 6.07) is 12.5. The first-order valence-corrected chi connectivity index (χ1v) is 13.0. The van der Waals surface area contributed by atoms with Gasteiger partial charge in [-0.3, -0.25) is 4.79 Å². The summed E-state index contributed by atoms with van der Waals surface area (Å²) in [5.41, 5.74) is 1.86. The van der Waals surface area contributed by atoms with Crippen molar-refractivity contribution in [1.82, 2.24) is 9.62 Å². The highest BCUT2D eigenvalue weighted by Crippen LogP contribution is 2.28. The Hall–Kier alpha value is -2.58. The third kappa shape index (κ3) is 6.95. The fraction of sp³-hybridized carbons (Fsp3) is 0.480. The summed E-state index contributed by atoms with van der Waals surface area (Å²) in [6.45, 7) is 4.04.